The Hall–Kier alpha value is -0.820. The first-order chi connectivity index (χ1) is 8.83. The molecular formula is C12H16Cl2N2O3S. The van der Waals surface area contributed by atoms with Gasteiger partial charge in [-0.3, -0.25) is 4.79 Å². The second-order valence-corrected chi connectivity index (χ2v) is 7.23. The number of benzene rings is 1. The van der Waals surface area contributed by atoms with Crippen LogP contribution in [0.1, 0.15) is 12.8 Å². The highest BCUT2D eigenvalue weighted by molar-refractivity contribution is 7.91. The molecule has 112 valence electrons. The number of sulfone groups is 1. The van der Waals surface area contributed by atoms with E-state index in [1.807, 2.05) is 0 Å². The third-order valence-corrected chi connectivity index (χ3v) is 5.05. The maximum atomic E-state index is 12.0. The van der Waals surface area contributed by atoms with E-state index in [0.717, 1.165) is 0 Å². The number of amides is 1. The zero-order valence-corrected chi connectivity index (χ0v) is 13.0. The van der Waals surface area contributed by atoms with Crippen molar-refractivity contribution in [3.8, 4) is 0 Å². The van der Waals surface area contributed by atoms with Gasteiger partial charge >= 0.3 is 0 Å². The van der Waals surface area contributed by atoms with Gasteiger partial charge in [-0.1, -0.05) is 11.6 Å². The molecule has 0 unspecified atom stereocenters. The van der Waals surface area contributed by atoms with Crippen molar-refractivity contribution in [1.82, 2.24) is 5.32 Å². The van der Waals surface area contributed by atoms with Gasteiger partial charge in [0.15, 0.2) is 9.84 Å². The third-order valence-electron chi connectivity index (χ3n) is 3.07. The number of hydrogen-bond acceptors (Lipinski definition) is 4. The van der Waals surface area contributed by atoms with E-state index in [1.54, 1.807) is 0 Å². The molecule has 0 aliphatic heterocycles. The Labute approximate surface area is 129 Å². The van der Waals surface area contributed by atoms with Crippen molar-refractivity contribution in [2.45, 2.75) is 23.3 Å². The largest absolute Gasteiger partial charge is 0.353 e. The molecule has 5 nitrogen and oxygen atoms in total. The maximum Gasteiger partial charge on any atom is 0.240 e. The molecule has 0 aromatic heterocycles. The van der Waals surface area contributed by atoms with Crippen molar-refractivity contribution < 1.29 is 13.2 Å². The second kappa shape index (κ2) is 6.30. The standard InChI is InChI=1S/C12H15ClN2O3S.ClH/c13-9-1-3-10(4-2-9)19(17,18)8-7-15-11(16)12(14)5-6-12;/h1-4H,5-8,14H2,(H,15,16);1H. The minimum Gasteiger partial charge on any atom is -0.353 e. The Morgan fingerprint density at radius 3 is 2.35 bits per heavy atom. The third kappa shape index (κ3) is 4.09. The van der Waals surface area contributed by atoms with Gasteiger partial charge in [0, 0.05) is 11.6 Å². The average Bonchev–Trinajstić information content (AvgIpc) is 3.09. The molecule has 1 aliphatic carbocycles. The predicted octanol–water partition coefficient (Wildman–Crippen LogP) is 1.14. The molecule has 0 saturated heterocycles. The first-order valence-electron chi connectivity index (χ1n) is 5.89. The lowest BCUT2D eigenvalue weighted by Gasteiger charge is -2.10. The molecule has 1 aromatic carbocycles. The van der Waals surface area contributed by atoms with Crippen LogP contribution in [0.5, 0.6) is 0 Å². The van der Waals surface area contributed by atoms with Crippen molar-refractivity contribution in [2.75, 3.05) is 12.3 Å². The Bertz CT molecular complexity index is 583. The van der Waals surface area contributed by atoms with Crippen LogP contribution in [0.2, 0.25) is 5.02 Å². The normalized spacial score (nSPS) is 16.1. The van der Waals surface area contributed by atoms with Gasteiger partial charge in [-0.05, 0) is 37.1 Å². The van der Waals surface area contributed by atoms with Crippen LogP contribution in [-0.4, -0.2) is 32.2 Å². The summed E-state index contributed by atoms with van der Waals surface area (Å²) in [5, 5.41) is 3.03. The van der Waals surface area contributed by atoms with E-state index in [0.29, 0.717) is 17.9 Å². The zero-order chi connectivity index (χ0) is 14.1. The average molecular weight is 339 g/mol. The van der Waals surface area contributed by atoms with E-state index in [1.165, 1.54) is 24.3 Å². The van der Waals surface area contributed by atoms with Crippen LogP contribution < -0.4 is 11.1 Å². The summed E-state index contributed by atoms with van der Waals surface area (Å²) >= 11 is 5.70. The topological polar surface area (TPSA) is 89.3 Å². The van der Waals surface area contributed by atoms with Gasteiger partial charge in [-0.25, -0.2) is 8.42 Å². The first kappa shape index (κ1) is 17.2. The molecule has 1 aliphatic rings. The summed E-state index contributed by atoms with van der Waals surface area (Å²) in [4.78, 5) is 11.7. The number of nitrogens with one attached hydrogen (secondary N) is 1. The summed E-state index contributed by atoms with van der Waals surface area (Å²) in [5.74, 6) is -0.435. The summed E-state index contributed by atoms with van der Waals surface area (Å²) in [7, 11) is -3.41. The minimum atomic E-state index is -3.41. The Morgan fingerprint density at radius 1 is 1.30 bits per heavy atom. The quantitative estimate of drug-likeness (QED) is 0.842. The van der Waals surface area contributed by atoms with Gasteiger partial charge < -0.3 is 11.1 Å². The molecule has 0 atom stereocenters. The fourth-order valence-electron chi connectivity index (χ4n) is 1.60. The number of nitrogens with two attached hydrogens (primary N) is 1. The summed E-state index contributed by atoms with van der Waals surface area (Å²) < 4.78 is 23.9. The van der Waals surface area contributed by atoms with Gasteiger partial charge in [0.25, 0.3) is 0 Å². The van der Waals surface area contributed by atoms with Crippen molar-refractivity contribution in [3.63, 3.8) is 0 Å². The van der Waals surface area contributed by atoms with E-state index in [-0.39, 0.29) is 35.5 Å². The second-order valence-electron chi connectivity index (χ2n) is 4.68. The van der Waals surface area contributed by atoms with Gasteiger partial charge in [0.1, 0.15) is 0 Å². The zero-order valence-electron chi connectivity index (χ0n) is 10.6. The molecule has 1 saturated carbocycles. The highest BCUT2D eigenvalue weighted by atomic mass is 35.5. The number of carbonyl (C=O) groups is 1. The molecule has 1 amide bonds. The van der Waals surface area contributed by atoms with Crippen LogP contribution in [0, 0.1) is 0 Å². The predicted molar refractivity (Wildman–Crippen MR) is 79.9 cm³/mol. The number of carbonyl (C=O) groups excluding carboxylic acids is 1. The van der Waals surface area contributed by atoms with Crippen molar-refractivity contribution in [3.05, 3.63) is 29.3 Å². The SMILES string of the molecule is Cl.NC1(C(=O)NCCS(=O)(=O)c2ccc(Cl)cc2)CC1. The van der Waals surface area contributed by atoms with Crippen LogP contribution in [0.15, 0.2) is 29.2 Å². The van der Waals surface area contributed by atoms with E-state index in [4.69, 9.17) is 17.3 Å². The molecule has 2 rings (SSSR count). The van der Waals surface area contributed by atoms with Gasteiger partial charge in [-0.2, -0.15) is 0 Å². The lowest BCUT2D eigenvalue weighted by Crippen LogP contribution is -2.44. The van der Waals surface area contributed by atoms with Crippen LogP contribution in [0.3, 0.4) is 0 Å². The Balaban J connectivity index is 0.00000200. The summed E-state index contributed by atoms with van der Waals surface area (Å²) in [6.07, 6.45) is 1.31. The van der Waals surface area contributed by atoms with E-state index < -0.39 is 15.4 Å². The lowest BCUT2D eigenvalue weighted by molar-refractivity contribution is -0.123. The summed E-state index contributed by atoms with van der Waals surface area (Å²) in [6.45, 7) is 0.0583. The van der Waals surface area contributed by atoms with Crippen LogP contribution >= 0.6 is 24.0 Å². The van der Waals surface area contributed by atoms with E-state index in [9.17, 15) is 13.2 Å². The fraction of sp³-hybridized carbons (Fsp3) is 0.417. The first-order valence-corrected chi connectivity index (χ1v) is 7.92. The molecular weight excluding hydrogens is 323 g/mol. The van der Waals surface area contributed by atoms with Crippen molar-refractivity contribution in [1.29, 1.82) is 0 Å². The van der Waals surface area contributed by atoms with Crippen LogP contribution in [-0.2, 0) is 14.6 Å². The van der Waals surface area contributed by atoms with Crippen molar-refractivity contribution in [2.24, 2.45) is 5.73 Å². The van der Waals surface area contributed by atoms with E-state index in [2.05, 4.69) is 5.32 Å². The monoisotopic (exact) mass is 338 g/mol. The molecule has 20 heavy (non-hydrogen) atoms. The Morgan fingerprint density at radius 2 is 1.85 bits per heavy atom. The van der Waals surface area contributed by atoms with E-state index >= 15 is 0 Å². The number of rotatable bonds is 5. The van der Waals surface area contributed by atoms with Gasteiger partial charge in [-0.15, -0.1) is 12.4 Å². The lowest BCUT2D eigenvalue weighted by atomic mass is 10.3. The molecule has 1 fully saturated rings. The van der Waals surface area contributed by atoms with Gasteiger partial charge in [0.2, 0.25) is 5.91 Å². The molecule has 8 heteroatoms. The minimum absolute atomic E-state index is 0. The molecule has 1 aromatic rings. The Kier molecular flexibility index (Phi) is 5.43. The molecule has 0 spiro atoms. The molecule has 0 bridgehead atoms. The van der Waals surface area contributed by atoms with Crippen molar-refractivity contribution >= 4 is 39.8 Å². The highest BCUT2D eigenvalue weighted by Crippen LogP contribution is 2.31. The maximum absolute atomic E-state index is 12.0. The summed E-state index contributed by atoms with van der Waals surface area (Å²) in [5.41, 5.74) is 4.92. The summed E-state index contributed by atoms with van der Waals surface area (Å²) in [6, 6.07) is 5.94. The molecule has 0 radical (unpaired) electrons. The molecule has 0 heterocycles. The van der Waals surface area contributed by atoms with Gasteiger partial charge in [0.05, 0.1) is 16.2 Å². The highest BCUT2D eigenvalue weighted by Gasteiger charge is 2.45. The van der Waals surface area contributed by atoms with Crippen LogP contribution in [0.25, 0.3) is 0 Å². The fourth-order valence-corrected chi connectivity index (χ4v) is 2.88. The smallest absolute Gasteiger partial charge is 0.240 e. The van der Waals surface area contributed by atoms with Crippen LogP contribution in [0.4, 0.5) is 0 Å². The number of halogens is 2. The number of hydrogen-bond donors (Lipinski definition) is 2. The molecule has 3 N–H and O–H groups in total.